The van der Waals surface area contributed by atoms with Gasteiger partial charge in [0.25, 0.3) is 5.91 Å². The molecular weight excluding hydrogens is 474 g/mol. The maximum Gasteiger partial charge on any atom is 0.293 e. The lowest BCUT2D eigenvalue weighted by molar-refractivity contribution is 0.0949. The average Bonchev–Trinajstić information content (AvgIpc) is 3.53. The predicted octanol–water partition coefficient (Wildman–Crippen LogP) is 2.74. The maximum atomic E-state index is 13.2. The number of nitrogens with two attached hydrogens (primary N) is 1. The van der Waals surface area contributed by atoms with Crippen LogP contribution in [0.2, 0.25) is 0 Å². The first-order valence-corrected chi connectivity index (χ1v) is 12.1. The first-order valence-electron chi connectivity index (χ1n) is 12.1. The van der Waals surface area contributed by atoms with E-state index in [0.29, 0.717) is 24.6 Å². The van der Waals surface area contributed by atoms with Gasteiger partial charge in [-0.05, 0) is 53.3 Å². The number of carbonyl (C=O) groups is 1. The number of nitrogens with one attached hydrogen (secondary N) is 1. The third kappa shape index (κ3) is 5.13. The number of anilines is 2. The summed E-state index contributed by atoms with van der Waals surface area (Å²) in [5, 5.41) is 19.9. The van der Waals surface area contributed by atoms with Gasteiger partial charge in [0.05, 0.1) is 25.1 Å². The Hall–Kier alpha value is -4.74. The molecule has 0 spiro atoms. The minimum absolute atomic E-state index is 0.0406. The van der Waals surface area contributed by atoms with Crippen molar-refractivity contribution in [1.82, 2.24) is 30.7 Å². The van der Waals surface area contributed by atoms with Crippen molar-refractivity contribution in [2.24, 2.45) is 5.10 Å². The summed E-state index contributed by atoms with van der Waals surface area (Å²) in [4.78, 5) is 15.4. The van der Waals surface area contributed by atoms with Crippen molar-refractivity contribution in [3.05, 3.63) is 71.0 Å². The van der Waals surface area contributed by atoms with Crippen LogP contribution in [0.25, 0.3) is 5.82 Å². The molecule has 4 aromatic rings. The number of nitrogen functional groups attached to an aromatic ring is 1. The first kappa shape index (κ1) is 24.0. The summed E-state index contributed by atoms with van der Waals surface area (Å²) in [5.74, 6) is 0.368. The van der Waals surface area contributed by atoms with Crippen molar-refractivity contribution in [2.45, 2.75) is 32.7 Å². The second kappa shape index (κ2) is 10.9. The topological polar surface area (TPSA) is 150 Å². The summed E-state index contributed by atoms with van der Waals surface area (Å²) in [6.45, 7) is 3.77. The number of benzene rings is 2. The van der Waals surface area contributed by atoms with Gasteiger partial charge in [0.1, 0.15) is 5.75 Å². The fourth-order valence-corrected chi connectivity index (χ4v) is 4.23. The fourth-order valence-electron chi connectivity index (χ4n) is 4.23. The Morgan fingerprint density at radius 2 is 2.05 bits per heavy atom. The lowest BCUT2D eigenvalue weighted by Crippen LogP contribution is -2.31. The Balaban J connectivity index is 1.42. The van der Waals surface area contributed by atoms with Crippen LogP contribution >= 0.6 is 0 Å². The number of carbonyl (C=O) groups excluding carboxylic acids is 1. The quantitative estimate of drug-likeness (QED) is 0.261. The molecule has 3 N–H and O–H groups in total. The molecule has 0 saturated heterocycles. The Morgan fingerprint density at radius 1 is 1.22 bits per heavy atom. The Morgan fingerprint density at radius 3 is 2.89 bits per heavy atom. The van der Waals surface area contributed by atoms with Crippen LogP contribution < -0.4 is 20.8 Å². The molecule has 0 saturated carbocycles. The minimum Gasteiger partial charge on any atom is -0.493 e. The van der Waals surface area contributed by atoms with E-state index in [9.17, 15) is 4.79 Å². The van der Waals surface area contributed by atoms with Crippen LogP contribution in [0.5, 0.6) is 5.75 Å². The molecule has 0 unspecified atom stereocenters. The van der Waals surface area contributed by atoms with E-state index in [0.717, 1.165) is 37.1 Å². The van der Waals surface area contributed by atoms with Crippen molar-refractivity contribution in [1.29, 1.82) is 0 Å². The summed E-state index contributed by atoms with van der Waals surface area (Å²) >= 11 is 0. The average molecular weight is 502 g/mol. The summed E-state index contributed by atoms with van der Waals surface area (Å²) < 4.78 is 11.9. The van der Waals surface area contributed by atoms with Crippen molar-refractivity contribution >= 4 is 23.6 Å². The van der Waals surface area contributed by atoms with Gasteiger partial charge in [-0.1, -0.05) is 42.5 Å². The molecule has 5 rings (SSSR count). The molecule has 1 aliphatic rings. The number of aromatic nitrogens is 5. The second-order valence-electron chi connectivity index (χ2n) is 8.51. The molecule has 190 valence electrons. The van der Waals surface area contributed by atoms with Crippen molar-refractivity contribution in [3.8, 4) is 11.6 Å². The molecule has 0 radical (unpaired) electrons. The second-order valence-corrected chi connectivity index (χ2v) is 8.51. The molecule has 12 heteroatoms. The number of hydrogen-bond donors (Lipinski definition) is 2. The number of fused-ring (bicyclic) bond motifs is 1. The molecule has 0 fully saturated rings. The van der Waals surface area contributed by atoms with E-state index in [2.05, 4.69) is 48.2 Å². The van der Waals surface area contributed by atoms with Crippen LogP contribution in [-0.2, 0) is 13.0 Å². The number of aryl methyl sites for hydroxylation is 1. The van der Waals surface area contributed by atoms with Crippen LogP contribution in [0, 0.1) is 0 Å². The normalized spacial score (nSPS) is 13.1. The van der Waals surface area contributed by atoms with Gasteiger partial charge in [0, 0.05) is 17.8 Å². The summed E-state index contributed by atoms with van der Waals surface area (Å²) in [6.07, 6.45) is 4.40. The van der Waals surface area contributed by atoms with E-state index in [-0.39, 0.29) is 17.3 Å². The largest absolute Gasteiger partial charge is 0.493 e. The van der Waals surface area contributed by atoms with Crippen molar-refractivity contribution < 1.29 is 14.2 Å². The van der Waals surface area contributed by atoms with E-state index in [1.54, 1.807) is 0 Å². The third-order valence-electron chi connectivity index (χ3n) is 5.97. The molecule has 2 aromatic carbocycles. The lowest BCUT2D eigenvalue weighted by atomic mass is 10.0. The molecule has 1 aliphatic heterocycles. The van der Waals surface area contributed by atoms with Gasteiger partial charge in [-0.2, -0.15) is 9.78 Å². The van der Waals surface area contributed by atoms with Crippen LogP contribution in [0.15, 0.2) is 58.3 Å². The fraction of sp³-hybridized carbons (Fsp3) is 0.280. The smallest absolute Gasteiger partial charge is 0.293 e. The van der Waals surface area contributed by atoms with E-state index >= 15 is 0 Å². The zero-order valence-corrected chi connectivity index (χ0v) is 20.4. The summed E-state index contributed by atoms with van der Waals surface area (Å²) in [5.41, 5.74) is 12.1. The Kier molecular flexibility index (Phi) is 7.06. The van der Waals surface area contributed by atoms with Crippen LogP contribution in [-0.4, -0.2) is 50.6 Å². The SMILES string of the molecule is CCCOc1ccccc1/C=N\NC(=O)c1nnn(-c2nonc2N)c1CN1CCCc2ccccc21. The van der Waals surface area contributed by atoms with Crippen LogP contribution in [0.3, 0.4) is 0 Å². The molecule has 3 heterocycles. The zero-order valence-electron chi connectivity index (χ0n) is 20.4. The van der Waals surface area contributed by atoms with E-state index in [1.807, 2.05) is 43.3 Å². The molecule has 37 heavy (non-hydrogen) atoms. The maximum absolute atomic E-state index is 13.2. The van der Waals surface area contributed by atoms with E-state index in [1.165, 1.54) is 16.5 Å². The molecule has 2 aromatic heterocycles. The Labute approximate surface area is 213 Å². The first-order chi connectivity index (χ1) is 18.2. The molecule has 12 nitrogen and oxygen atoms in total. The number of hydrogen-bond acceptors (Lipinski definition) is 10. The predicted molar refractivity (Wildman–Crippen MR) is 137 cm³/mol. The Bertz CT molecular complexity index is 1410. The standard InChI is InChI=1S/C25H27N9O3/c1-2-14-36-21-12-6-4-9-18(21)15-27-29-25(35)22-20(34(32-28-22)24-23(26)30-37-31-24)16-33-13-7-10-17-8-3-5-11-19(17)33/h3-6,8-9,11-12,15H,2,7,10,13-14,16H2,1H3,(H2,26,30)(H,29,35)/b27-15-. The van der Waals surface area contributed by atoms with Crippen LogP contribution in [0.4, 0.5) is 11.5 Å². The van der Waals surface area contributed by atoms with E-state index < -0.39 is 5.91 Å². The molecule has 0 aliphatic carbocycles. The highest BCUT2D eigenvalue weighted by Crippen LogP contribution is 2.29. The molecule has 0 bridgehead atoms. The van der Waals surface area contributed by atoms with Gasteiger partial charge in [-0.3, -0.25) is 4.79 Å². The molecule has 1 amide bonds. The van der Waals surface area contributed by atoms with Crippen LogP contribution in [0.1, 0.15) is 47.1 Å². The highest BCUT2D eigenvalue weighted by molar-refractivity contribution is 5.94. The van der Waals surface area contributed by atoms with E-state index in [4.69, 9.17) is 15.1 Å². The molecular formula is C25H27N9O3. The number of amides is 1. The number of hydrazone groups is 1. The van der Waals surface area contributed by atoms with Gasteiger partial charge in [-0.25, -0.2) is 10.1 Å². The van der Waals surface area contributed by atoms with Crippen molar-refractivity contribution in [3.63, 3.8) is 0 Å². The zero-order chi connectivity index (χ0) is 25.6. The lowest BCUT2D eigenvalue weighted by Gasteiger charge is -2.31. The third-order valence-corrected chi connectivity index (χ3v) is 5.97. The number of nitrogens with zero attached hydrogens (tertiary/aromatic N) is 7. The molecule has 0 atom stereocenters. The number of ether oxygens (including phenoxy) is 1. The monoisotopic (exact) mass is 501 g/mol. The highest BCUT2D eigenvalue weighted by Gasteiger charge is 2.27. The number of rotatable bonds is 9. The minimum atomic E-state index is -0.523. The van der Waals surface area contributed by atoms with Crippen molar-refractivity contribution in [2.75, 3.05) is 23.8 Å². The number of para-hydroxylation sites is 2. The highest BCUT2D eigenvalue weighted by atomic mass is 16.6. The summed E-state index contributed by atoms with van der Waals surface area (Å²) in [6, 6.07) is 15.7. The van der Waals surface area contributed by atoms with Gasteiger partial charge < -0.3 is 15.4 Å². The summed E-state index contributed by atoms with van der Waals surface area (Å²) in [7, 11) is 0. The van der Waals surface area contributed by atoms with Gasteiger partial charge >= 0.3 is 0 Å². The van der Waals surface area contributed by atoms with Gasteiger partial charge in [0.15, 0.2) is 5.69 Å². The van der Waals surface area contributed by atoms with Gasteiger partial charge in [0.2, 0.25) is 11.6 Å². The van der Waals surface area contributed by atoms with Gasteiger partial charge in [-0.15, -0.1) is 5.10 Å².